The number of amides is 1. The van der Waals surface area contributed by atoms with E-state index in [9.17, 15) is 14.9 Å². The molecular formula is C19H21N3O6. The molecule has 2 aromatic rings. The predicted octanol–water partition coefficient (Wildman–Crippen LogP) is 2.45. The molecule has 9 nitrogen and oxygen atoms in total. The minimum atomic E-state index is -0.565. The average molecular weight is 387 g/mol. The summed E-state index contributed by atoms with van der Waals surface area (Å²) in [6, 6.07) is 9.05. The van der Waals surface area contributed by atoms with E-state index in [0.717, 1.165) is 0 Å². The molecule has 148 valence electrons. The number of carbonyl (C=O) groups is 1. The lowest BCUT2D eigenvalue weighted by molar-refractivity contribution is -0.385. The number of nitro benzene ring substituents is 1. The number of hydrogen-bond acceptors (Lipinski definition) is 7. The van der Waals surface area contributed by atoms with E-state index < -0.39 is 4.92 Å². The molecule has 0 spiro atoms. The Morgan fingerprint density at radius 2 is 1.71 bits per heavy atom. The van der Waals surface area contributed by atoms with Crippen LogP contribution < -0.4 is 19.5 Å². The van der Waals surface area contributed by atoms with Crippen LogP contribution in [-0.4, -0.2) is 56.1 Å². The molecule has 1 heterocycles. The van der Waals surface area contributed by atoms with Crippen molar-refractivity contribution in [3.8, 4) is 23.0 Å². The van der Waals surface area contributed by atoms with Crippen LogP contribution in [0.4, 0.5) is 5.69 Å². The molecule has 0 aromatic heterocycles. The highest BCUT2D eigenvalue weighted by molar-refractivity contribution is 5.95. The van der Waals surface area contributed by atoms with Gasteiger partial charge in [-0.1, -0.05) is 0 Å². The third-order valence-electron chi connectivity index (χ3n) is 4.39. The number of rotatable bonds is 6. The third-order valence-corrected chi connectivity index (χ3v) is 4.39. The minimum absolute atomic E-state index is 0.0362. The van der Waals surface area contributed by atoms with Crippen LogP contribution in [0.3, 0.4) is 0 Å². The number of piperazine rings is 1. The number of methoxy groups -OCH3 is 2. The Kier molecular flexibility index (Phi) is 5.95. The lowest BCUT2D eigenvalue weighted by Gasteiger charge is -2.27. The summed E-state index contributed by atoms with van der Waals surface area (Å²) in [5, 5.41) is 14.7. The molecule has 0 unspecified atom stereocenters. The van der Waals surface area contributed by atoms with Gasteiger partial charge in [-0.3, -0.25) is 14.9 Å². The van der Waals surface area contributed by atoms with Crippen molar-refractivity contribution in [1.29, 1.82) is 0 Å². The standard InChI is InChI=1S/C19H21N3O6/c1-26-17-6-4-14(12-18(17)27-2)28-16-5-3-13(11-15(16)22(24)25)19(23)21-9-7-20-8-10-21/h3-6,11-12,20H,7-10H2,1-2H3. The van der Waals surface area contributed by atoms with Crippen LogP contribution in [0, 0.1) is 10.1 Å². The Morgan fingerprint density at radius 3 is 2.36 bits per heavy atom. The number of nitrogens with zero attached hydrogens (tertiary/aromatic N) is 2. The first-order chi connectivity index (χ1) is 13.5. The zero-order chi connectivity index (χ0) is 20.1. The van der Waals surface area contributed by atoms with Crippen molar-refractivity contribution in [2.24, 2.45) is 0 Å². The third kappa shape index (κ3) is 4.15. The lowest BCUT2D eigenvalue weighted by atomic mass is 10.1. The van der Waals surface area contributed by atoms with Gasteiger partial charge >= 0.3 is 5.69 Å². The Bertz CT molecular complexity index is 880. The van der Waals surface area contributed by atoms with Gasteiger partial charge in [0.05, 0.1) is 19.1 Å². The van der Waals surface area contributed by atoms with Gasteiger partial charge in [0.1, 0.15) is 5.75 Å². The van der Waals surface area contributed by atoms with Crippen molar-refractivity contribution in [3.05, 3.63) is 52.1 Å². The highest BCUT2D eigenvalue weighted by Crippen LogP contribution is 2.36. The zero-order valence-electron chi connectivity index (χ0n) is 15.6. The number of nitrogens with one attached hydrogen (secondary N) is 1. The minimum Gasteiger partial charge on any atom is -0.493 e. The zero-order valence-corrected chi connectivity index (χ0v) is 15.6. The van der Waals surface area contributed by atoms with E-state index in [0.29, 0.717) is 43.4 Å². The maximum atomic E-state index is 12.6. The van der Waals surface area contributed by atoms with Crippen LogP contribution in [0.1, 0.15) is 10.4 Å². The van der Waals surface area contributed by atoms with Crippen molar-refractivity contribution in [2.75, 3.05) is 40.4 Å². The van der Waals surface area contributed by atoms with Crippen molar-refractivity contribution < 1.29 is 23.9 Å². The van der Waals surface area contributed by atoms with Gasteiger partial charge < -0.3 is 24.4 Å². The van der Waals surface area contributed by atoms with Gasteiger partial charge in [-0.25, -0.2) is 0 Å². The van der Waals surface area contributed by atoms with E-state index in [1.165, 1.54) is 32.4 Å². The molecule has 3 rings (SSSR count). The fraction of sp³-hybridized carbons (Fsp3) is 0.316. The number of hydrogen-bond donors (Lipinski definition) is 1. The molecule has 1 saturated heterocycles. The van der Waals surface area contributed by atoms with Crippen LogP contribution in [0.15, 0.2) is 36.4 Å². The summed E-state index contributed by atoms with van der Waals surface area (Å²) >= 11 is 0. The number of carbonyl (C=O) groups excluding carboxylic acids is 1. The highest BCUT2D eigenvalue weighted by Gasteiger charge is 2.23. The van der Waals surface area contributed by atoms with Gasteiger partial charge in [0.2, 0.25) is 5.75 Å². The van der Waals surface area contributed by atoms with E-state index in [-0.39, 0.29) is 22.9 Å². The molecule has 1 fully saturated rings. The quantitative estimate of drug-likeness (QED) is 0.600. The first-order valence-corrected chi connectivity index (χ1v) is 8.72. The van der Waals surface area contributed by atoms with Crippen LogP contribution in [0.25, 0.3) is 0 Å². The second kappa shape index (κ2) is 8.57. The largest absolute Gasteiger partial charge is 0.493 e. The van der Waals surface area contributed by atoms with Crippen LogP contribution in [0.5, 0.6) is 23.0 Å². The van der Waals surface area contributed by atoms with Gasteiger partial charge in [0.25, 0.3) is 5.91 Å². The lowest BCUT2D eigenvalue weighted by Crippen LogP contribution is -2.46. The molecule has 1 N–H and O–H groups in total. The molecule has 2 aromatic carbocycles. The van der Waals surface area contributed by atoms with Gasteiger partial charge in [0.15, 0.2) is 11.5 Å². The molecule has 1 amide bonds. The molecule has 0 atom stereocenters. The summed E-state index contributed by atoms with van der Waals surface area (Å²) in [7, 11) is 3.00. The first-order valence-electron chi connectivity index (χ1n) is 8.72. The summed E-state index contributed by atoms with van der Waals surface area (Å²) < 4.78 is 16.1. The second-order valence-corrected chi connectivity index (χ2v) is 6.10. The number of nitro groups is 1. The van der Waals surface area contributed by atoms with Crippen molar-refractivity contribution in [2.45, 2.75) is 0 Å². The Morgan fingerprint density at radius 1 is 1.04 bits per heavy atom. The van der Waals surface area contributed by atoms with Crippen molar-refractivity contribution in [1.82, 2.24) is 10.2 Å². The fourth-order valence-electron chi connectivity index (χ4n) is 2.94. The van der Waals surface area contributed by atoms with E-state index in [4.69, 9.17) is 14.2 Å². The Balaban J connectivity index is 1.87. The van der Waals surface area contributed by atoms with Gasteiger partial charge in [-0.05, 0) is 24.3 Å². The molecular weight excluding hydrogens is 366 g/mol. The SMILES string of the molecule is COc1ccc(Oc2ccc(C(=O)N3CCNCC3)cc2[N+](=O)[O-])cc1OC. The summed E-state index contributed by atoms with van der Waals surface area (Å²) in [6.07, 6.45) is 0. The fourth-order valence-corrected chi connectivity index (χ4v) is 2.94. The van der Waals surface area contributed by atoms with E-state index in [2.05, 4.69) is 5.32 Å². The maximum absolute atomic E-state index is 12.6. The van der Waals surface area contributed by atoms with Crippen molar-refractivity contribution >= 4 is 11.6 Å². The first kappa shape index (κ1) is 19.4. The summed E-state index contributed by atoms with van der Waals surface area (Å²) in [5.74, 6) is 1.10. The van der Waals surface area contributed by atoms with E-state index in [1.54, 1.807) is 23.1 Å². The molecule has 1 aliphatic rings. The van der Waals surface area contributed by atoms with Gasteiger partial charge in [0, 0.05) is 43.9 Å². The topological polar surface area (TPSA) is 103 Å². The van der Waals surface area contributed by atoms with Gasteiger partial charge in [-0.15, -0.1) is 0 Å². The summed E-state index contributed by atoms with van der Waals surface area (Å²) in [5.41, 5.74) is -0.0240. The molecule has 0 saturated carbocycles. The second-order valence-electron chi connectivity index (χ2n) is 6.10. The monoisotopic (exact) mass is 387 g/mol. The molecule has 0 bridgehead atoms. The van der Waals surface area contributed by atoms with Gasteiger partial charge in [-0.2, -0.15) is 0 Å². The smallest absolute Gasteiger partial charge is 0.312 e. The number of benzene rings is 2. The number of ether oxygens (including phenoxy) is 3. The van der Waals surface area contributed by atoms with E-state index >= 15 is 0 Å². The predicted molar refractivity (Wildman–Crippen MR) is 101 cm³/mol. The maximum Gasteiger partial charge on any atom is 0.312 e. The summed E-state index contributed by atoms with van der Waals surface area (Å²) in [6.45, 7) is 2.54. The molecule has 0 aliphatic carbocycles. The van der Waals surface area contributed by atoms with E-state index in [1.807, 2.05) is 0 Å². The highest BCUT2D eigenvalue weighted by atomic mass is 16.6. The Hall–Kier alpha value is -3.33. The normalized spacial score (nSPS) is 13.7. The molecule has 0 radical (unpaired) electrons. The molecule has 9 heteroatoms. The van der Waals surface area contributed by atoms with Crippen LogP contribution in [0.2, 0.25) is 0 Å². The summed E-state index contributed by atoms with van der Waals surface area (Å²) in [4.78, 5) is 25.2. The molecule has 1 aliphatic heterocycles. The van der Waals surface area contributed by atoms with Crippen LogP contribution in [-0.2, 0) is 0 Å². The van der Waals surface area contributed by atoms with Crippen molar-refractivity contribution in [3.63, 3.8) is 0 Å². The Labute approximate surface area is 162 Å². The van der Waals surface area contributed by atoms with Crippen LogP contribution >= 0.6 is 0 Å². The average Bonchev–Trinajstić information content (AvgIpc) is 2.73. The molecule has 28 heavy (non-hydrogen) atoms.